The van der Waals surface area contributed by atoms with Gasteiger partial charge in [0.1, 0.15) is 5.82 Å². The lowest BCUT2D eigenvalue weighted by Crippen LogP contribution is -2.38. The maximum Gasteiger partial charge on any atom is 0.147 e. The Morgan fingerprint density at radius 2 is 2.06 bits per heavy atom. The van der Waals surface area contributed by atoms with Gasteiger partial charge in [0.2, 0.25) is 0 Å². The summed E-state index contributed by atoms with van der Waals surface area (Å²) in [4.78, 5) is 2.11. The number of rotatable bonds is 2. The zero-order valence-electron chi connectivity index (χ0n) is 10.5. The molecule has 2 fully saturated rings. The van der Waals surface area contributed by atoms with E-state index in [1.54, 1.807) is 0 Å². The van der Waals surface area contributed by atoms with Gasteiger partial charge in [0.25, 0.3) is 0 Å². The summed E-state index contributed by atoms with van der Waals surface area (Å²) in [6, 6.07) is 3.33. The van der Waals surface area contributed by atoms with E-state index in [1.807, 2.05) is 13.0 Å². The minimum absolute atomic E-state index is 0.132. The van der Waals surface area contributed by atoms with Crippen LogP contribution in [0.1, 0.15) is 25.3 Å². The highest BCUT2D eigenvalue weighted by Gasteiger charge is 2.46. The number of nitrogens with zero attached hydrogens (tertiary/aromatic N) is 1. The number of hydrogen-bond donors (Lipinski definition) is 0. The standard InChI is InChI=1S/C14H17ClFNO/c1-2-10-7-13(12(16)8-11(10)15)17-5-3-14(4-6-17)9-18-14/h7-8H,2-6,9H2,1H3. The third-order valence-electron chi connectivity index (χ3n) is 4.06. The van der Waals surface area contributed by atoms with Gasteiger partial charge in [-0.3, -0.25) is 0 Å². The lowest BCUT2D eigenvalue weighted by molar-refractivity contribution is 0.258. The Morgan fingerprint density at radius 3 is 2.61 bits per heavy atom. The molecule has 2 aliphatic heterocycles. The minimum atomic E-state index is -0.218. The first-order valence-corrected chi connectivity index (χ1v) is 6.88. The van der Waals surface area contributed by atoms with E-state index < -0.39 is 0 Å². The Kier molecular flexibility index (Phi) is 2.99. The first-order chi connectivity index (χ1) is 8.63. The Morgan fingerprint density at radius 1 is 1.39 bits per heavy atom. The van der Waals surface area contributed by atoms with Gasteiger partial charge in [-0.15, -0.1) is 0 Å². The van der Waals surface area contributed by atoms with Crippen LogP contribution in [0, 0.1) is 5.82 Å². The Bertz CT molecular complexity index is 463. The van der Waals surface area contributed by atoms with Crippen molar-refractivity contribution >= 4 is 17.3 Å². The van der Waals surface area contributed by atoms with Gasteiger partial charge in [-0.25, -0.2) is 4.39 Å². The highest BCUT2D eigenvalue weighted by atomic mass is 35.5. The van der Waals surface area contributed by atoms with Crippen LogP contribution < -0.4 is 4.90 Å². The second kappa shape index (κ2) is 4.39. The molecule has 1 spiro atoms. The molecule has 0 N–H and O–H groups in total. The molecule has 1 aromatic rings. The van der Waals surface area contributed by atoms with Crippen LogP contribution in [0.3, 0.4) is 0 Å². The van der Waals surface area contributed by atoms with Gasteiger partial charge in [0.05, 0.1) is 17.9 Å². The van der Waals surface area contributed by atoms with E-state index in [0.717, 1.165) is 44.5 Å². The fraction of sp³-hybridized carbons (Fsp3) is 0.571. The average Bonchev–Trinajstić information content (AvgIpc) is 3.11. The molecule has 2 aliphatic rings. The van der Waals surface area contributed by atoms with E-state index in [-0.39, 0.29) is 11.4 Å². The van der Waals surface area contributed by atoms with Crippen LogP contribution in [0.15, 0.2) is 12.1 Å². The van der Waals surface area contributed by atoms with Crippen molar-refractivity contribution in [2.24, 2.45) is 0 Å². The van der Waals surface area contributed by atoms with Crippen LogP contribution in [0.2, 0.25) is 5.02 Å². The normalized spacial score (nSPS) is 21.4. The zero-order valence-corrected chi connectivity index (χ0v) is 11.3. The van der Waals surface area contributed by atoms with E-state index >= 15 is 0 Å². The van der Waals surface area contributed by atoms with E-state index in [1.165, 1.54) is 6.07 Å². The lowest BCUT2D eigenvalue weighted by Gasteiger charge is -2.32. The molecule has 2 heterocycles. The summed E-state index contributed by atoms with van der Waals surface area (Å²) in [5, 5.41) is 0.526. The lowest BCUT2D eigenvalue weighted by atomic mass is 9.97. The molecule has 0 bridgehead atoms. The second-order valence-corrected chi connectivity index (χ2v) is 5.61. The summed E-state index contributed by atoms with van der Waals surface area (Å²) >= 11 is 6.02. The molecule has 18 heavy (non-hydrogen) atoms. The predicted molar refractivity (Wildman–Crippen MR) is 70.9 cm³/mol. The van der Waals surface area contributed by atoms with Gasteiger partial charge >= 0.3 is 0 Å². The number of piperidine rings is 1. The van der Waals surface area contributed by atoms with Crippen molar-refractivity contribution in [3.63, 3.8) is 0 Å². The number of hydrogen-bond acceptors (Lipinski definition) is 2. The Balaban J connectivity index is 1.83. The molecule has 0 radical (unpaired) electrons. The van der Waals surface area contributed by atoms with Crippen LogP contribution >= 0.6 is 11.6 Å². The summed E-state index contributed by atoms with van der Waals surface area (Å²) in [5.74, 6) is -0.218. The number of halogens is 2. The number of benzene rings is 1. The molecule has 3 rings (SSSR count). The van der Waals surface area contributed by atoms with Gasteiger partial charge in [-0.05, 0) is 37.0 Å². The summed E-state index contributed by atoms with van der Waals surface area (Å²) in [5.41, 5.74) is 1.83. The van der Waals surface area contributed by atoms with Gasteiger partial charge in [0, 0.05) is 18.1 Å². The third kappa shape index (κ3) is 2.10. The quantitative estimate of drug-likeness (QED) is 0.765. The van der Waals surface area contributed by atoms with Gasteiger partial charge < -0.3 is 9.64 Å². The molecule has 0 atom stereocenters. The van der Waals surface area contributed by atoms with Gasteiger partial charge in [-0.1, -0.05) is 18.5 Å². The largest absolute Gasteiger partial charge is 0.369 e. The summed E-state index contributed by atoms with van der Waals surface area (Å²) < 4.78 is 19.5. The molecular formula is C14H17ClFNO. The van der Waals surface area contributed by atoms with Gasteiger partial charge in [-0.2, -0.15) is 0 Å². The molecule has 4 heteroatoms. The van der Waals surface area contributed by atoms with E-state index in [9.17, 15) is 4.39 Å². The molecule has 1 aromatic carbocycles. The van der Waals surface area contributed by atoms with Crippen molar-refractivity contribution in [2.45, 2.75) is 31.8 Å². The van der Waals surface area contributed by atoms with Gasteiger partial charge in [0.15, 0.2) is 0 Å². The Hall–Kier alpha value is -0.800. The number of ether oxygens (including phenoxy) is 1. The molecule has 0 saturated carbocycles. The topological polar surface area (TPSA) is 15.8 Å². The third-order valence-corrected chi connectivity index (χ3v) is 4.42. The van der Waals surface area contributed by atoms with Crippen LogP contribution in [-0.4, -0.2) is 25.3 Å². The highest BCUT2D eigenvalue weighted by Crippen LogP contribution is 2.39. The fourth-order valence-corrected chi connectivity index (χ4v) is 2.92. The molecule has 98 valence electrons. The molecule has 2 saturated heterocycles. The fourth-order valence-electron chi connectivity index (χ4n) is 2.64. The first kappa shape index (κ1) is 12.2. The van der Waals surface area contributed by atoms with Crippen molar-refractivity contribution in [2.75, 3.05) is 24.6 Å². The second-order valence-electron chi connectivity index (χ2n) is 5.21. The van der Waals surface area contributed by atoms with Crippen LogP contribution in [0.4, 0.5) is 10.1 Å². The molecule has 0 aliphatic carbocycles. The first-order valence-electron chi connectivity index (χ1n) is 6.50. The Labute approximate surface area is 112 Å². The minimum Gasteiger partial charge on any atom is -0.369 e. The maximum absolute atomic E-state index is 14.0. The maximum atomic E-state index is 14.0. The molecular weight excluding hydrogens is 253 g/mol. The molecule has 0 aromatic heterocycles. The zero-order chi connectivity index (χ0) is 12.8. The van der Waals surface area contributed by atoms with Crippen LogP contribution in [0.5, 0.6) is 0 Å². The van der Waals surface area contributed by atoms with Crippen molar-refractivity contribution in [3.8, 4) is 0 Å². The highest BCUT2D eigenvalue weighted by molar-refractivity contribution is 6.31. The van der Waals surface area contributed by atoms with Crippen molar-refractivity contribution in [1.82, 2.24) is 0 Å². The number of epoxide rings is 1. The van der Waals surface area contributed by atoms with E-state index in [2.05, 4.69) is 4.90 Å². The predicted octanol–water partition coefficient (Wildman–Crippen LogP) is 3.41. The van der Waals surface area contributed by atoms with Crippen molar-refractivity contribution < 1.29 is 9.13 Å². The van der Waals surface area contributed by atoms with E-state index in [4.69, 9.17) is 16.3 Å². The van der Waals surface area contributed by atoms with E-state index in [0.29, 0.717) is 10.7 Å². The summed E-state index contributed by atoms with van der Waals surface area (Å²) in [6.45, 7) is 4.64. The number of aryl methyl sites for hydroxylation is 1. The van der Waals surface area contributed by atoms with Crippen LogP contribution in [0.25, 0.3) is 0 Å². The average molecular weight is 270 g/mol. The molecule has 2 nitrogen and oxygen atoms in total. The summed E-state index contributed by atoms with van der Waals surface area (Å²) in [7, 11) is 0. The van der Waals surface area contributed by atoms with Crippen molar-refractivity contribution in [3.05, 3.63) is 28.5 Å². The number of anilines is 1. The summed E-state index contributed by atoms with van der Waals surface area (Å²) in [6.07, 6.45) is 2.82. The SMILES string of the molecule is CCc1cc(N2CCC3(CC2)CO3)c(F)cc1Cl. The smallest absolute Gasteiger partial charge is 0.147 e. The molecule has 0 unspecified atom stereocenters. The molecule has 0 amide bonds. The monoisotopic (exact) mass is 269 g/mol. The van der Waals surface area contributed by atoms with Crippen LogP contribution in [-0.2, 0) is 11.2 Å². The van der Waals surface area contributed by atoms with Crippen molar-refractivity contribution in [1.29, 1.82) is 0 Å².